The molecule has 0 bridgehead atoms. The number of nitrogens with zero attached hydrogens (tertiary/aromatic N) is 3. The van der Waals surface area contributed by atoms with Crippen LogP contribution in [0.25, 0.3) is 0 Å². The number of pyridine rings is 3. The molecular weight excluding hydrogens is 636 g/mol. The SMILES string of the molecule is O=P(Oc1nc(Cl)c(Cl)cc1Cl)(Oc1nc(Cl)c(Cl)cc1Cl)Oc1nc(Cl)c(Cl)cc1Cl. The summed E-state index contributed by atoms with van der Waals surface area (Å²) in [6, 6.07) is 3.56. The van der Waals surface area contributed by atoms with Crippen molar-refractivity contribution in [2.75, 3.05) is 0 Å². The second kappa shape index (κ2) is 10.5. The van der Waals surface area contributed by atoms with Gasteiger partial charge in [0.15, 0.2) is 15.5 Å². The standard InChI is InChI=1S/C15H3Cl9N3O4P/c16-4-1-7(19)13(25-10(4)22)29-32(28,30-14-8(20)2-5(17)11(23)26-14)31-15-9(21)3-6(18)12(24)27-15/h1-3H. The lowest BCUT2D eigenvalue weighted by molar-refractivity contribution is 0.287. The van der Waals surface area contributed by atoms with Gasteiger partial charge in [0.25, 0.3) is 0 Å². The van der Waals surface area contributed by atoms with E-state index in [0.29, 0.717) is 0 Å². The fourth-order valence-electron chi connectivity index (χ4n) is 1.85. The summed E-state index contributed by atoms with van der Waals surface area (Å²) in [5, 5.41) is -1.19. The second-order valence-corrected chi connectivity index (χ2v) is 10.3. The van der Waals surface area contributed by atoms with Gasteiger partial charge in [0.05, 0.1) is 15.1 Å². The van der Waals surface area contributed by atoms with Gasteiger partial charge in [0.1, 0.15) is 15.1 Å². The summed E-state index contributed by atoms with van der Waals surface area (Å²) in [5.74, 6) is -1.43. The van der Waals surface area contributed by atoms with E-state index >= 15 is 0 Å². The van der Waals surface area contributed by atoms with E-state index in [2.05, 4.69) is 15.0 Å². The topological polar surface area (TPSA) is 83.4 Å². The van der Waals surface area contributed by atoms with Crippen LogP contribution in [0.1, 0.15) is 0 Å². The Kier molecular flexibility index (Phi) is 8.65. The van der Waals surface area contributed by atoms with E-state index in [0.717, 1.165) is 0 Å². The summed E-state index contributed by atoms with van der Waals surface area (Å²) in [7, 11) is -4.82. The van der Waals surface area contributed by atoms with Gasteiger partial charge in [-0.3, -0.25) is 0 Å². The van der Waals surface area contributed by atoms with Crippen LogP contribution in [0.3, 0.4) is 0 Å². The van der Waals surface area contributed by atoms with Crippen molar-refractivity contribution in [1.82, 2.24) is 15.0 Å². The summed E-state index contributed by atoms with van der Waals surface area (Å²) in [5.41, 5.74) is 0. The fourth-order valence-corrected chi connectivity index (χ4v) is 4.76. The molecule has 0 saturated heterocycles. The van der Waals surface area contributed by atoms with Crippen LogP contribution in [0, 0.1) is 0 Å². The molecule has 0 aliphatic heterocycles. The largest absolute Gasteiger partial charge is 0.651 e. The van der Waals surface area contributed by atoms with E-state index in [1.807, 2.05) is 0 Å². The van der Waals surface area contributed by atoms with Gasteiger partial charge in [-0.1, -0.05) is 104 Å². The lowest BCUT2D eigenvalue weighted by Crippen LogP contribution is -2.11. The molecule has 0 atom stereocenters. The number of phosphoric ester groups is 1. The van der Waals surface area contributed by atoms with Crippen LogP contribution in [0.5, 0.6) is 17.6 Å². The molecule has 3 aromatic heterocycles. The minimum Gasteiger partial charge on any atom is -0.366 e. The second-order valence-electron chi connectivity index (χ2n) is 5.37. The molecule has 32 heavy (non-hydrogen) atoms. The Hall–Kier alpha value is -0.310. The molecule has 0 aliphatic rings. The monoisotopic (exact) mass is 635 g/mol. The van der Waals surface area contributed by atoms with Crippen molar-refractivity contribution in [1.29, 1.82) is 0 Å². The maximum absolute atomic E-state index is 13.6. The molecule has 0 spiro atoms. The van der Waals surface area contributed by atoms with Gasteiger partial charge in [0, 0.05) is 0 Å². The number of rotatable bonds is 6. The molecule has 170 valence electrons. The Morgan fingerprint density at radius 1 is 0.500 bits per heavy atom. The molecule has 17 heteroatoms. The van der Waals surface area contributed by atoms with Gasteiger partial charge in [-0.15, -0.1) is 0 Å². The lowest BCUT2D eigenvalue weighted by atomic mass is 10.5. The van der Waals surface area contributed by atoms with Crippen molar-refractivity contribution >= 4 is 112 Å². The fraction of sp³-hybridized carbons (Fsp3) is 0. The van der Waals surface area contributed by atoms with E-state index in [-0.39, 0.29) is 45.6 Å². The van der Waals surface area contributed by atoms with E-state index < -0.39 is 25.5 Å². The van der Waals surface area contributed by atoms with Crippen LogP contribution in [0.2, 0.25) is 45.6 Å². The van der Waals surface area contributed by atoms with Gasteiger partial charge >= 0.3 is 7.82 Å². The van der Waals surface area contributed by atoms with Crippen molar-refractivity contribution in [2.45, 2.75) is 0 Å². The van der Waals surface area contributed by atoms with Crippen molar-refractivity contribution in [3.8, 4) is 17.6 Å². The number of hydrogen-bond acceptors (Lipinski definition) is 7. The molecule has 0 N–H and O–H groups in total. The first-order valence-corrected chi connectivity index (χ1v) is 12.5. The predicted molar refractivity (Wildman–Crippen MR) is 127 cm³/mol. The quantitative estimate of drug-likeness (QED) is 0.196. The van der Waals surface area contributed by atoms with Gasteiger partial charge in [-0.05, 0) is 18.2 Å². The number of halogens is 9. The summed E-state index contributed by atoms with van der Waals surface area (Å²) >= 11 is 53.3. The zero-order valence-corrected chi connectivity index (χ0v) is 22.3. The highest BCUT2D eigenvalue weighted by Gasteiger charge is 2.38. The average Bonchev–Trinajstić information content (AvgIpc) is 2.68. The molecule has 3 heterocycles. The summed E-state index contributed by atoms with van der Waals surface area (Å²) < 4.78 is 29.5. The van der Waals surface area contributed by atoms with Gasteiger partial charge in [0.2, 0.25) is 17.6 Å². The first-order valence-electron chi connectivity index (χ1n) is 7.62. The molecule has 0 fully saturated rings. The molecule has 0 aromatic carbocycles. The molecule has 0 radical (unpaired) electrons. The van der Waals surface area contributed by atoms with Gasteiger partial charge < -0.3 is 13.6 Å². The Balaban J connectivity index is 2.08. The predicted octanol–water partition coefficient (Wildman–Crippen LogP) is 9.40. The summed E-state index contributed by atoms with van der Waals surface area (Å²) in [4.78, 5) is 11.4. The minimum absolute atomic E-state index is 0.00377. The Labute approximate surface area is 225 Å². The first-order chi connectivity index (χ1) is 14.9. The third-order valence-electron chi connectivity index (χ3n) is 3.16. The average molecular weight is 639 g/mol. The maximum atomic E-state index is 13.6. The molecule has 3 aromatic rings. The normalized spacial score (nSPS) is 11.4. The third-order valence-corrected chi connectivity index (χ3v) is 7.18. The minimum atomic E-state index is -4.82. The summed E-state index contributed by atoms with van der Waals surface area (Å²) in [6.07, 6.45) is 0. The Morgan fingerprint density at radius 2 is 0.750 bits per heavy atom. The number of hydrogen-bond donors (Lipinski definition) is 0. The highest BCUT2D eigenvalue weighted by atomic mass is 35.5. The van der Waals surface area contributed by atoms with E-state index in [9.17, 15) is 4.57 Å². The Bertz CT molecular complexity index is 1110. The third kappa shape index (κ3) is 6.22. The van der Waals surface area contributed by atoms with Crippen molar-refractivity contribution in [3.05, 3.63) is 63.8 Å². The Morgan fingerprint density at radius 3 is 1.00 bits per heavy atom. The van der Waals surface area contributed by atoms with E-state index in [1.54, 1.807) is 0 Å². The van der Waals surface area contributed by atoms with Crippen LogP contribution in [0.15, 0.2) is 18.2 Å². The highest BCUT2D eigenvalue weighted by molar-refractivity contribution is 7.49. The highest BCUT2D eigenvalue weighted by Crippen LogP contribution is 2.53. The smallest absolute Gasteiger partial charge is 0.366 e. The zero-order chi connectivity index (χ0) is 23.8. The number of phosphoric acid groups is 1. The molecule has 3 rings (SSSR count). The molecule has 0 saturated carbocycles. The van der Waals surface area contributed by atoms with Crippen LogP contribution >= 0.6 is 112 Å². The van der Waals surface area contributed by atoms with Crippen LogP contribution < -0.4 is 13.6 Å². The van der Waals surface area contributed by atoms with E-state index in [4.69, 9.17) is 118 Å². The molecular formula is C15H3Cl9N3O4P. The lowest BCUT2D eigenvalue weighted by Gasteiger charge is -2.19. The molecule has 0 unspecified atom stereocenters. The van der Waals surface area contributed by atoms with E-state index in [1.165, 1.54) is 18.2 Å². The first kappa shape index (κ1) is 26.3. The zero-order valence-electron chi connectivity index (χ0n) is 14.6. The number of aromatic nitrogens is 3. The van der Waals surface area contributed by atoms with Crippen LogP contribution in [-0.4, -0.2) is 15.0 Å². The van der Waals surface area contributed by atoms with Crippen LogP contribution in [-0.2, 0) is 4.57 Å². The molecule has 0 aliphatic carbocycles. The summed E-state index contributed by atoms with van der Waals surface area (Å²) in [6.45, 7) is 0. The van der Waals surface area contributed by atoms with Gasteiger partial charge in [-0.25, -0.2) is 0 Å². The molecule has 0 amide bonds. The van der Waals surface area contributed by atoms with Crippen molar-refractivity contribution < 1.29 is 18.1 Å². The van der Waals surface area contributed by atoms with Crippen molar-refractivity contribution in [3.63, 3.8) is 0 Å². The maximum Gasteiger partial charge on any atom is 0.651 e. The van der Waals surface area contributed by atoms with Gasteiger partial charge in [-0.2, -0.15) is 19.5 Å². The van der Waals surface area contributed by atoms with Crippen molar-refractivity contribution in [2.24, 2.45) is 0 Å². The molecule has 7 nitrogen and oxygen atoms in total. The van der Waals surface area contributed by atoms with Crippen LogP contribution in [0.4, 0.5) is 0 Å².